The predicted molar refractivity (Wildman–Crippen MR) is 81.4 cm³/mol. The number of likely N-dealkylation sites (tertiary alicyclic amines) is 1. The lowest BCUT2D eigenvalue weighted by molar-refractivity contribution is -0.0127. The molecular weight excluding hydrogens is 272 g/mol. The van der Waals surface area contributed by atoms with Gasteiger partial charge in [0.15, 0.2) is 5.84 Å². The highest BCUT2D eigenvalue weighted by atomic mass is 16.6. The Hall–Kier alpha value is -1.50. The van der Waals surface area contributed by atoms with E-state index in [1.54, 1.807) is 11.9 Å². The highest BCUT2D eigenvalue weighted by Gasteiger charge is 2.40. The summed E-state index contributed by atoms with van der Waals surface area (Å²) in [5.41, 5.74) is 5.25. The van der Waals surface area contributed by atoms with Crippen molar-refractivity contribution in [1.29, 1.82) is 0 Å². The second kappa shape index (κ2) is 6.51. The van der Waals surface area contributed by atoms with Crippen molar-refractivity contribution in [2.75, 3.05) is 20.1 Å². The number of ether oxygens (including phenoxy) is 1. The number of oxime groups is 1. The average Bonchev–Trinajstić information content (AvgIpc) is 2.28. The highest BCUT2D eigenvalue weighted by Crippen LogP contribution is 2.22. The summed E-state index contributed by atoms with van der Waals surface area (Å²) < 4.78 is 5.35. The van der Waals surface area contributed by atoms with E-state index >= 15 is 0 Å². The lowest BCUT2D eigenvalue weighted by Gasteiger charge is -2.48. The van der Waals surface area contributed by atoms with Gasteiger partial charge in [0.1, 0.15) is 5.60 Å². The fraction of sp³-hybridized carbons (Fsp3) is 0.857. The molecule has 0 aromatic rings. The van der Waals surface area contributed by atoms with E-state index in [1.807, 2.05) is 34.6 Å². The molecule has 0 unspecified atom stereocenters. The maximum Gasteiger partial charge on any atom is 0.410 e. The van der Waals surface area contributed by atoms with Gasteiger partial charge in [-0.15, -0.1) is 0 Å². The van der Waals surface area contributed by atoms with E-state index in [9.17, 15) is 4.79 Å². The summed E-state index contributed by atoms with van der Waals surface area (Å²) in [5.74, 6) is 0.442. The highest BCUT2D eigenvalue weighted by molar-refractivity contribution is 5.85. The average molecular weight is 300 g/mol. The fourth-order valence-electron chi connectivity index (χ4n) is 2.45. The monoisotopic (exact) mass is 300 g/mol. The SMILES string of the molecule is CC(C)[C@H](C(N)=NO)N1CC(N(C)C(=O)OC(C)(C)C)C1. The molecule has 7 heteroatoms. The van der Waals surface area contributed by atoms with Gasteiger partial charge < -0.3 is 20.6 Å². The summed E-state index contributed by atoms with van der Waals surface area (Å²) in [4.78, 5) is 15.7. The van der Waals surface area contributed by atoms with Crippen LogP contribution in [0, 0.1) is 5.92 Å². The van der Waals surface area contributed by atoms with Crippen LogP contribution in [-0.2, 0) is 4.74 Å². The fourth-order valence-corrected chi connectivity index (χ4v) is 2.45. The molecule has 1 amide bonds. The Balaban J connectivity index is 2.57. The van der Waals surface area contributed by atoms with E-state index in [4.69, 9.17) is 15.7 Å². The summed E-state index contributed by atoms with van der Waals surface area (Å²) in [6.45, 7) is 11.0. The van der Waals surface area contributed by atoms with Crippen molar-refractivity contribution < 1.29 is 14.7 Å². The van der Waals surface area contributed by atoms with Crippen molar-refractivity contribution in [1.82, 2.24) is 9.80 Å². The molecule has 1 fully saturated rings. The molecule has 7 nitrogen and oxygen atoms in total. The molecule has 0 aromatic heterocycles. The van der Waals surface area contributed by atoms with Crippen molar-refractivity contribution in [3.8, 4) is 0 Å². The smallest absolute Gasteiger partial charge is 0.410 e. The minimum atomic E-state index is -0.497. The second-order valence-electron chi connectivity index (χ2n) is 6.91. The number of likely N-dealkylation sites (N-methyl/N-ethyl adjacent to an activating group) is 1. The number of rotatable bonds is 4. The third kappa shape index (κ3) is 4.49. The Labute approximate surface area is 126 Å². The maximum absolute atomic E-state index is 12.0. The third-order valence-electron chi connectivity index (χ3n) is 3.56. The lowest BCUT2D eigenvalue weighted by atomic mass is 9.95. The topological polar surface area (TPSA) is 91.4 Å². The summed E-state index contributed by atoms with van der Waals surface area (Å²) >= 11 is 0. The van der Waals surface area contributed by atoms with Crippen molar-refractivity contribution in [3.05, 3.63) is 0 Å². The Kier molecular flexibility index (Phi) is 5.44. The van der Waals surface area contributed by atoms with Crippen LogP contribution >= 0.6 is 0 Å². The maximum atomic E-state index is 12.0. The molecule has 0 saturated carbocycles. The van der Waals surface area contributed by atoms with Gasteiger partial charge >= 0.3 is 6.09 Å². The summed E-state index contributed by atoms with van der Waals surface area (Å²) in [7, 11) is 1.74. The van der Waals surface area contributed by atoms with Crippen molar-refractivity contribution in [2.24, 2.45) is 16.8 Å². The molecule has 1 aliphatic heterocycles. The first kappa shape index (κ1) is 17.6. The van der Waals surface area contributed by atoms with Crippen LogP contribution in [0.5, 0.6) is 0 Å². The predicted octanol–water partition coefficient (Wildman–Crippen LogP) is 1.31. The van der Waals surface area contributed by atoms with E-state index in [0.717, 1.165) is 0 Å². The van der Waals surface area contributed by atoms with Gasteiger partial charge in [-0.3, -0.25) is 4.90 Å². The zero-order valence-corrected chi connectivity index (χ0v) is 13.8. The minimum Gasteiger partial charge on any atom is -0.444 e. The van der Waals surface area contributed by atoms with Crippen LogP contribution in [-0.4, -0.2) is 64.8 Å². The first-order valence-electron chi connectivity index (χ1n) is 7.24. The minimum absolute atomic E-state index is 0.0904. The molecule has 0 aromatic carbocycles. The van der Waals surface area contributed by atoms with Crippen molar-refractivity contribution in [2.45, 2.75) is 52.3 Å². The zero-order valence-electron chi connectivity index (χ0n) is 13.8. The molecule has 1 saturated heterocycles. The van der Waals surface area contributed by atoms with Gasteiger partial charge in [0.2, 0.25) is 0 Å². The molecular formula is C14H28N4O3. The summed E-state index contributed by atoms with van der Waals surface area (Å²) in [6.07, 6.45) is -0.322. The molecule has 122 valence electrons. The van der Waals surface area contributed by atoms with Gasteiger partial charge in [0, 0.05) is 20.1 Å². The molecule has 1 atom stereocenters. The number of nitrogens with zero attached hydrogens (tertiary/aromatic N) is 3. The Morgan fingerprint density at radius 2 is 1.95 bits per heavy atom. The molecule has 0 radical (unpaired) electrons. The van der Waals surface area contributed by atoms with Crippen LogP contribution in [0.4, 0.5) is 4.79 Å². The molecule has 3 N–H and O–H groups in total. The van der Waals surface area contributed by atoms with Crippen LogP contribution in [0.15, 0.2) is 5.16 Å². The van der Waals surface area contributed by atoms with Crippen LogP contribution in [0.1, 0.15) is 34.6 Å². The Bertz CT molecular complexity index is 398. The normalized spacial score (nSPS) is 19.3. The van der Waals surface area contributed by atoms with Crippen molar-refractivity contribution in [3.63, 3.8) is 0 Å². The zero-order chi connectivity index (χ0) is 16.4. The number of amidine groups is 1. The molecule has 0 bridgehead atoms. The molecule has 1 heterocycles. The largest absolute Gasteiger partial charge is 0.444 e. The van der Waals surface area contributed by atoms with Gasteiger partial charge in [-0.1, -0.05) is 19.0 Å². The number of nitrogens with two attached hydrogens (primary N) is 1. The molecule has 0 aliphatic carbocycles. The summed E-state index contributed by atoms with van der Waals surface area (Å²) in [5, 5.41) is 12.0. The molecule has 1 aliphatic rings. The van der Waals surface area contributed by atoms with E-state index in [-0.39, 0.29) is 29.9 Å². The van der Waals surface area contributed by atoms with Gasteiger partial charge in [0.25, 0.3) is 0 Å². The van der Waals surface area contributed by atoms with E-state index < -0.39 is 5.60 Å². The van der Waals surface area contributed by atoms with Crippen LogP contribution in [0.2, 0.25) is 0 Å². The van der Waals surface area contributed by atoms with Crippen LogP contribution in [0.25, 0.3) is 0 Å². The standard InChI is InChI=1S/C14H28N4O3/c1-9(2)11(12(15)16-20)18-7-10(8-18)17(6)13(19)21-14(3,4)5/h9-11,20H,7-8H2,1-6H3,(H2,15,16)/t11-/m1/s1. The van der Waals surface area contributed by atoms with Gasteiger partial charge in [-0.05, 0) is 26.7 Å². The Morgan fingerprint density at radius 1 is 1.43 bits per heavy atom. The molecule has 0 spiro atoms. The number of hydrogen-bond acceptors (Lipinski definition) is 5. The third-order valence-corrected chi connectivity index (χ3v) is 3.56. The van der Waals surface area contributed by atoms with Crippen LogP contribution < -0.4 is 5.73 Å². The van der Waals surface area contributed by atoms with Gasteiger partial charge in [-0.25, -0.2) is 4.79 Å². The number of carbonyl (C=O) groups excluding carboxylic acids is 1. The second-order valence-corrected chi connectivity index (χ2v) is 6.91. The summed E-state index contributed by atoms with van der Waals surface area (Å²) in [6, 6.07) is -0.0223. The van der Waals surface area contributed by atoms with E-state index in [1.165, 1.54) is 0 Å². The quantitative estimate of drug-likeness (QED) is 0.353. The van der Waals surface area contributed by atoms with Crippen LogP contribution in [0.3, 0.4) is 0 Å². The number of carbonyl (C=O) groups is 1. The van der Waals surface area contributed by atoms with Crippen molar-refractivity contribution >= 4 is 11.9 Å². The Morgan fingerprint density at radius 3 is 2.33 bits per heavy atom. The lowest BCUT2D eigenvalue weighted by Crippen LogP contribution is -2.65. The first-order chi connectivity index (χ1) is 9.56. The van der Waals surface area contributed by atoms with E-state index in [0.29, 0.717) is 13.1 Å². The van der Waals surface area contributed by atoms with Gasteiger partial charge in [0.05, 0.1) is 12.1 Å². The first-order valence-corrected chi connectivity index (χ1v) is 7.24. The number of amides is 1. The van der Waals surface area contributed by atoms with E-state index in [2.05, 4.69) is 10.1 Å². The van der Waals surface area contributed by atoms with Gasteiger partial charge in [-0.2, -0.15) is 0 Å². The molecule has 21 heavy (non-hydrogen) atoms. The molecule has 1 rings (SSSR count). The number of hydrogen-bond donors (Lipinski definition) is 2.